The molecule has 3 aromatic heterocycles. The first kappa shape index (κ1) is 21.9. The van der Waals surface area contributed by atoms with Gasteiger partial charge in [0.1, 0.15) is 5.69 Å². The normalized spacial score (nSPS) is 15.7. The van der Waals surface area contributed by atoms with Gasteiger partial charge in [-0.3, -0.25) is 14.7 Å². The van der Waals surface area contributed by atoms with E-state index in [1.807, 2.05) is 48.7 Å². The van der Waals surface area contributed by atoms with Crippen molar-refractivity contribution in [2.24, 2.45) is 0 Å². The number of nitrogens with zero attached hydrogens (tertiary/aromatic N) is 4. The summed E-state index contributed by atoms with van der Waals surface area (Å²) in [5.41, 5.74) is 2.78. The van der Waals surface area contributed by atoms with E-state index in [9.17, 15) is 4.79 Å². The van der Waals surface area contributed by atoms with E-state index in [4.69, 9.17) is 9.26 Å². The quantitative estimate of drug-likeness (QED) is 0.358. The average molecular weight is 482 g/mol. The van der Waals surface area contributed by atoms with Crippen LogP contribution in [0.4, 0.5) is 5.88 Å². The molecule has 1 aromatic carbocycles. The van der Waals surface area contributed by atoms with Gasteiger partial charge in [0.05, 0.1) is 23.3 Å². The van der Waals surface area contributed by atoms with Gasteiger partial charge >= 0.3 is 0 Å². The SMILES string of the molecule is Cc1ccc(-c2cc(NC(=O)CSc3nnc(-c4cccs4)n3CC3CCCO3)on2)cc1. The van der Waals surface area contributed by atoms with Gasteiger partial charge in [0.2, 0.25) is 11.8 Å². The number of aromatic nitrogens is 4. The van der Waals surface area contributed by atoms with Crippen LogP contribution in [0.25, 0.3) is 22.0 Å². The molecule has 0 spiro atoms. The number of aryl methyl sites for hydroxylation is 1. The van der Waals surface area contributed by atoms with Crippen molar-refractivity contribution in [2.75, 3.05) is 17.7 Å². The second kappa shape index (κ2) is 9.90. The van der Waals surface area contributed by atoms with Gasteiger partial charge in [-0.1, -0.05) is 52.8 Å². The van der Waals surface area contributed by atoms with E-state index in [1.165, 1.54) is 17.3 Å². The topological polar surface area (TPSA) is 95.1 Å². The fraction of sp³-hybridized carbons (Fsp3) is 0.304. The molecule has 0 radical (unpaired) electrons. The fourth-order valence-corrected chi connectivity index (χ4v) is 5.10. The van der Waals surface area contributed by atoms with E-state index in [-0.39, 0.29) is 17.8 Å². The van der Waals surface area contributed by atoms with Crippen LogP contribution in [-0.2, 0) is 16.1 Å². The number of rotatable bonds is 8. The monoisotopic (exact) mass is 481 g/mol. The van der Waals surface area contributed by atoms with Gasteiger partial charge in [0, 0.05) is 18.2 Å². The van der Waals surface area contributed by atoms with Crippen LogP contribution in [0, 0.1) is 6.92 Å². The van der Waals surface area contributed by atoms with E-state index in [0.717, 1.165) is 35.7 Å². The molecule has 4 heterocycles. The zero-order valence-electron chi connectivity index (χ0n) is 18.1. The molecule has 1 aliphatic rings. The number of ether oxygens (including phenoxy) is 1. The Kier molecular flexibility index (Phi) is 6.56. The van der Waals surface area contributed by atoms with Crippen molar-refractivity contribution < 1.29 is 14.1 Å². The Labute approximate surface area is 199 Å². The van der Waals surface area contributed by atoms with E-state index in [2.05, 4.69) is 25.2 Å². The third-order valence-corrected chi connectivity index (χ3v) is 7.15. The average Bonchev–Trinajstić information content (AvgIpc) is 3.61. The lowest BCUT2D eigenvalue weighted by Gasteiger charge is -2.14. The second-order valence-corrected chi connectivity index (χ2v) is 9.70. The summed E-state index contributed by atoms with van der Waals surface area (Å²) in [6.07, 6.45) is 2.22. The highest BCUT2D eigenvalue weighted by Crippen LogP contribution is 2.29. The predicted octanol–water partition coefficient (Wildman–Crippen LogP) is 4.88. The Hall–Kier alpha value is -2.95. The van der Waals surface area contributed by atoms with Gasteiger partial charge in [0.15, 0.2) is 11.0 Å². The third kappa shape index (κ3) is 5.18. The number of anilines is 1. The molecule has 1 atom stereocenters. The molecular formula is C23H23N5O3S2. The molecule has 8 nitrogen and oxygen atoms in total. The predicted molar refractivity (Wildman–Crippen MR) is 128 cm³/mol. The highest BCUT2D eigenvalue weighted by molar-refractivity contribution is 7.99. The minimum atomic E-state index is -0.198. The summed E-state index contributed by atoms with van der Waals surface area (Å²) in [6.45, 7) is 3.49. The minimum absolute atomic E-state index is 0.141. The number of carbonyl (C=O) groups is 1. The van der Waals surface area contributed by atoms with Gasteiger partial charge in [0.25, 0.3) is 0 Å². The maximum atomic E-state index is 12.6. The van der Waals surface area contributed by atoms with Crippen molar-refractivity contribution in [1.29, 1.82) is 0 Å². The molecule has 5 rings (SSSR count). The van der Waals surface area contributed by atoms with E-state index < -0.39 is 0 Å². The Morgan fingerprint density at radius 1 is 1.27 bits per heavy atom. The van der Waals surface area contributed by atoms with E-state index in [1.54, 1.807) is 17.4 Å². The standard InChI is InChI=1S/C23H23N5O3S2/c1-15-6-8-16(9-7-15)18-12-21(31-27-18)24-20(29)14-33-23-26-25-22(19-5-3-11-32-19)28(23)13-17-4-2-10-30-17/h3,5-9,11-12,17H,2,4,10,13-14H2,1H3,(H,24,29). The van der Waals surface area contributed by atoms with Gasteiger partial charge in [-0.2, -0.15) is 0 Å². The summed E-state index contributed by atoms with van der Waals surface area (Å²) in [4.78, 5) is 13.6. The molecule has 0 saturated carbocycles. The number of benzene rings is 1. The summed E-state index contributed by atoms with van der Waals surface area (Å²) in [5, 5.41) is 18.3. The van der Waals surface area contributed by atoms with Crippen molar-refractivity contribution in [3.8, 4) is 22.0 Å². The minimum Gasteiger partial charge on any atom is -0.376 e. The van der Waals surface area contributed by atoms with Gasteiger partial charge in [-0.25, -0.2) is 0 Å². The summed E-state index contributed by atoms with van der Waals surface area (Å²) in [5.74, 6) is 1.10. The third-order valence-electron chi connectivity index (χ3n) is 5.32. The zero-order valence-corrected chi connectivity index (χ0v) is 19.7. The largest absolute Gasteiger partial charge is 0.376 e. The molecule has 1 aliphatic heterocycles. The fourth-order valence-electron chi connectivity index (χ4n) is 3.64. The molecular weight excluding hydrogens is 458 g/mol. The van der Waals surface area contributed by atoms with Crippen molar-refractivity contribution in [3.05, 3.63) is 53.4 Å². The lowest BCUT2D eigenvalue weighted by Crippen LogP contribution is -2.18. The maximum absolute atomic E-state index is 12.6. The number of carbonyl (C=O) groups excluding carboxylic acids is 1. The van der Waals surface area contributed by atoms with E-state index >= 15 is 0 Å². The Morgan fingerprint density at radius 3 is 2.91 bits per heavy atom. The Balaban J connectivity index is 1.24. The summed E-state index contributed by atoms with van der Waals surface area (Å²) in [6, 6.07) is 13.7. The highest BCUT2D eigenvalue weighted by Gasteiger charge is 2.22. The van der Waals surface area contributed by atoms with E-state index in [0.29, 0.717) is 23.3 Å². The van der Waals surface area contributed by atoms with Crippen LogP contribution in [0.3, 0.4) is 0 Å². The van der Waals surface area contributed by atoms with Gasteiger partial charge < -0.3 is 9.26 Å². The number of thiophene rings is 1. The van der Waals surface area contributed by atoms with Gasteiger partial charge in [-0.15, -0.1) is 21.5 Å². The maximum Gasteiger partial charge on any atom is 0.237 e. The molecule has 10 heteroatoms. The number of amides is 1. The van der Waals surface area contributed by atoms with Crippen molar-refractivity contribution in [1.82, 2.24) is 19.9 Å². The summed E-state index contributed by atoms with van der Waals surface area (Å²) < 4.78 is 13.2. The van der Waals surface area contributed by atoms with Crippen molar-refractivity contribution in [2.45, 2.75) is 37.6 Å². The number of hydrogen-bond acceptors (Lipinski definition) is 8. The highest BCUT2D eigenvalue weighted by atomic mass is 32.2. The van der Waals surface area contributed by atoms with Crippen LogP contribution < -0.4 is 5.32 Å². The second-order valence-electron chi connectivity index (χ2n) is 7.81. The van der Waals surface area contributed by atoms with Crippen LogP contribution in [0.5, 0.6) is 0 Å². The lowest BCUT2D eigenvalue weighted by atomic mass is 10.1. The Morgan fingerprint density at radius 2 is 2.15 bits per heavy atom. The lowest BCUT2D eigenvalue weighted by molar-refractivity contribution is -0.113. The summed E-state index contributed by atoms with van der Waals surface area (Å²) >= 11 is 2.96. The van der Waals surface area contributed by atoms with Crippen molar-refractivity contribution in [3.63, 3.8) is 0 Å². The first-order valence-corrected chi connectivity index (χ1v) is 12.6. The molecule has 1 N–H and O–H groups in total. The first-order valence-electron chi connectivity index (χ1n) is 10.7. The molecule has 0 bridgehead atoms. The molecule has 170 valence electrons. The molecule has 0 aliphatic carbocycles. The van der Waals surface area contributed by atoms with Crippen LogP contribution in [0.1, 0.15) is 18.4 Å². The smallest absolute Gasteiger partial charge is 0.237 e. The first-order chi connectivity index (χ1) is 16.2. The van der Waals surface area contributed by atoms with Crippen LogP contribution in [0.2, 0.25) is 0 Å². The number of thioether (sulfide) groups is 1. The van der Waals surface area contributed by atoms with Gasteiger partial charge in [-0.05, 0) is 31.2 Å². The van der Waals surface area contributed by atoms with Crippen LogP contribution in [-0.4, -0.2) is 44.3 Å². The van der Waals surface area contributed by atoms with Crippen molar-refractivity contribution >= 4 is 34.9 Å². The molecule has 1 fully saturated rings. The molecule has 33 heavy (non-hydrogen) atoms. The number of hydrogen-bond donors (Lipinski definition) is 1. The van der Waals surface area contributed by atoms with Crippen LogP contribution in [0.15, 0.2) is 57.5 Å². The summed E-state index contributed by atoms with van der Waals surface area (Å²) in [7, 11) is 0. The molecule has 1 unspecified atom stereocenters. The number of nitrogens with one attached hydrogen (secondary N) is 1. The zero-order chi connectivity index (χ0) is 22.6. The molecule has 1 amide bonds. The molecule has 1 saturated heterocycles. The Bertz CT molecular complexity index is 1210. The molecule has 4 aromatic rings. The van der Waals surface area contributed by atoms with Crippen LogP contribution >= 0.6 is 23.1 Å².